The van der Waals surface area contributed by atoms with Gasteiger partial charge in [-0.15, -0.1) is 0 Å². The number of hydrogen-bond acceptors (Lipinski definition) is 3. The minimum Gasteiger partial charge on any atom is -0.309 e. The first kappa shape index (κ1) is 18.2. The normalized spacial score (nSPS) is 12.6. The Hall–Kier alpha value is -2.14. The monoisotopic (exact) mass is 328 g/mol. The van der Waals surface area contributed by atoms with Crippen molar-refractivity contribution in [3.05, 3.63) is 47.7 Å². The van der Waals surface area contributed by atoms with E-state index in [0.29, 0.717) is 6.04 Å². The Kier molecular flexibility index (Phi) is 6.15. The molecule has 1 aromatic heterocycles. The number of anilines is 1. The van der Waals surface area contributed by atoms with Crippen LogP contribution in [0.4, 0.5) is 5.82 Å². The molecule has 5 nitrogen and oxygen atoms in total. The first-order chi connectivity index (χ1) is 11.5. The van der Waals surface area contributed by atoms with Gasteiger partial charge >= 0.3 is 0 Å². The molecule has 0 spiro atoms. The van der Waals surface area contributed by atoms with Gasteiger partial charge in [0, 0.05) is 6.07 Å². The summed E-state index contributed by atoms with van der Waals surface area (Å²) in [7, 11) is 3.84. The molecule has 0 saturated heterocycles. The molecule has 1 heterocycles. The highest BCUT2D eigenvalue weighted by Crippen LogP contribution is 2.24. The summed E-state index contributed by atoms with van der Waals surface area (Å²) in [6, 6.07) is 9.91. The molecule has 2 aromatic rings. The Labute approximate surface area is 144 Å². The molecule has 5 heteroatoms. The van der Waals surface area contributed by atoms with Crippen LogP contribution in [0.15, 0.2) is 36.5 Å². The average Bonchev–Trinajstić information content (AvgIpc) is 2.98. The molecule has 0 aliphatic rings. The predicted octanol–water partition coefficient (Wildman–Crippen LogP) is 3.79. The molecule has 2 rings (SSSR count). The summed E-state index contributed by atoms with van der Waals surface area (Å²) in [4.78, 5) is 14.8. The number of carbonyl (C=O) groups is 1. The highest BCUT2D eigenvalue weighted by Gasteiger charge is 2.24. The van der Waals surface area contributed by atoms with Gasteiger partial charge < -0.3 is 5.32 Å². The topological polar surface area (TPSA) is 50.2 Å². The van der Waals surface area contributed by atoms with Crippen molar-refractivity contribution in [1.82, 2.24) is 14.7 Å². The molecular formula is C19H28N4O. The van der Waals surface area contributed by atoms with E-state index >= 15 is 0 Å². The first-order valence-electron chi connectivity index (χ1n) is 8.55. The van der Waals surface area contributed by atoms with Crippen LogP contribution >= 0.6 is 0 Å². The maximum atomic E-state index is 12.9. The molecule has 0 aliphatic carbocycles. The van der Waals surface area contributed by atoms with Gasteiger partial charge in [0.05, 0.1) is 12.2 Å². The van der Waals surface area contributed by atoms with E-state index in [2.05, 4.69) is 24.3 Å². The Bertz CT molecular complexity index is 656. The second-order valence-corrected chi connectivity index (χ2v) is 6.40. The lowest BCUT2D eigenvalue weighted by Crippen LogP contribution is -2.33. The zero-order valence-corrected chi connectivity index (χ0v) is 15.3. The molecule has 1 atom stereocenters. The summed E-state index contributed by atoms with van der Waals surface area (Å²) in [5.74, 6) is 0.712. The highest BCUT2D eigenvalue weighted by atomic mass is 16.2. The standard InChI is InChI=1S/C19H28N4O/c1-6-16(7-2)23-17(12-13-20-23)21-19(24)18(22(4)5)15-10-8-14(3)9-11-15/h8-13,16,18H,6-7H2,1-5H3,(H,21,24). The number of hydrogen-bond donors (Lipinski definition) is 1. The second-order valence-electron chi connectivity index (χ2n) is 6.40. The third-order valence-corrected chi connectivity index (χ3v) is 4.37. The van der Waals surface area contributed by atoms with Gasteiger partial charge in [-0.1, -0.05) is 43.7 Å². The smallest absolute Gasteiger partial charge is 0.247 e. The number of amides is 1. The van der Waals surface area contributed by atoms with Crippen molar-refractivity contribution in [2.75, 3.05) is 19.4 Å². The van der Waals surface area contributed by atoms with Crippen molar-refractivity contribution in [3.63, 3.8) is 0 Å². The van der Waals surface area contributed by atoms with Gasteiger partial charge in [-0.3, -0.25) is 9.69 Å². The van der Waals surface area contributed by atoms with E-state index in [9.17, 15) is 4.79 Å². The van der Waals surface area contributed by atoms with Crippen LogP contribution in [0, 0.1) is 6.92 Å². The fraction of sp³-hybridized carbons (Fsp3) is 0.474. The first-order valence-corrected chi connectivity index (χ1v) is 8.55. The van der Waals surface area contributed by atoms with Crippen LogP contribution in [0.5, 0.6) is 0 Å². The van der Waals surface area contributed by atoms with Gasteiger partial charge in [-0.25, -0.2) is 4.68 Å². The third kappa shape index (κ3) is 4.03. The van der Waals surface area contributed by atoms with Crippen LogP contribution in [0.2, 0.25) is 0 Å². The van der Waals surface area contributed by atoms with E-state index in [1.165, 1.54) is 5.56 Å². The highest BCUT2D eigenvalue weighted by molar-refractivity contribution is 5.94. The van der Waals surface area contributed by atoms with E-state index in [1.54, 1.807) is 6.20 Å². The Balaban J connectivity index is 2.23. The van der Waals surface area contributed by atoms with E-state index in [0.717, 1.165) is 24.2 Å². The lowest BCUT2D eigenvalue weighted by atomic mass is 10.0. The van der Waals surface area contributed by atoms with Gasteiger partial charge in [-0.2, -0.15) is 5.10 Å². The molecule has 0 saturated carbocycles. The quantitative estimate of drug-likeness (QED) is 0.841. The zero-order chi connectivity index (χ0) is 17.7. The number of likely N-dealkylation sites (N-methyl/N-ethyl adjacent to an activating group) is 1. The summed E-state index contributed by atoms with van der Waals surface area (Å²) < 4.78 is 1.92. The molecular weight excluding hydrogens is 300 g/mol. The third-order valence-electron chi connectivity index (χ3n) is 4.37. The van der Waals surface area contributed by atoms with Gasteiger partial charge in [0.1, 0.15) is 11.9 Å². The fourth-order valence-electron chi connectivity index (χ4n) is 2.97. The van der Waals surface area contributed by atoms with Crippen LogP contribution in [0.1, 0.15) is 49.9 Å². The zero-order valence-electron chi connectivity index (χ0n) is 15.3. The summed E-state index contributed by atoms with van der Waals surface area (Å²) in [5.41, 5.74) is 2.17. The minimum absolute atomic E-state index is 0.0449. The number of nitrogens with zero attached hydrogens (tertiary/aromatic N) is 3. The molecule has 0 radical (unpaired) electrons. The van der Waals surface area contributed by atoms with Gasteiger partial charge in [0.25, 0.3) is 0 Å². The van der Waals surface area contributed by atoms with Crippen molar-refractivity contribution < 1.29 is 4.79 Å². The SMILES string of the molecule is CCC(CC)n1nccc1NC(=O)C(c1ccc(C)cc1)N(C)C. The molecule has 24 heavy (non-hydrogen) atoms. The van der Waals surface area contributed by atoms with Crippen LogP contribution in [0.3, 0.4) is 0 Å². The molecule has 0 bridgehead atoms. The maximum absolute atomic E-state index is 12.9. The molecule has 0 fully saturated rings. The van der Waals surface area contributed by atoms with Crippen molar-refractivity contribution in [2.24, 2.45) is 0 Å². The van der Waals surface area contributed by atoms with E-state index < -0.39 is 0 Å². The van der Waals surface area contributed by atoms with Crippen LogP contribution in [-0.2, 0) is 4.79 Å². The predicted molar refractivity (Wildman–Crippen MR) is 98.1 cm³/mol. The van der Waals surface area contributed by atoms with Crippen molar-refractivity contribution in [3.8, 4) is 0 Å². The lowest BCUT2D eigenvalue weighted by molar-refractivity contribution is -0.120. The molecule has 1 unspecified atom stereocenters. The largest absolute Gasteiger partial charge is 0.309 e. The number of rotatable bonds is 7. The summed E-state index contributed by atoms with van der Waals surface area (Å²) in [6.07, 6.45) is 3.71. The number of aryl methyl sites for hydroxylation is 1. The number of aromatic nitrogens is 2. The minimum atomic E-state index is -0.337. The second kappa shape index (κ2) is 8.11. The molecule has 1 N–H and O–H groups in total. The molecule has 1 aromatic carbocycles. The molecule has 1 amide bonds. The van der Waals surface area contributed by atoms with Crippen molar-refractivity contribution >= 4 is 11.7 Å². The summed E-state index contributed by atoms with van der Waals surface area (Å²) in [5, 5.41) is 7.44. The van der Waals surface area contributed by atoms with E-state index in [1.807, 2.05) is 60.9 Å². The molecule has 0 aliphatic heterocycles. The Morgan fingerprint density at radius 1 is 1.17 bits per heavy atom. The van der Waals surface area contributed by atoms with Crippen molar-refractivity contribution in [2.45, 2.75) is 45.7 Å². The van der Waals surface area contributed by atoms with Gasteiger partial charge in [0.15, 0.2) is 0 Å². The fourth-order valence-corrected chi connectivity index (χ4v) is 2.97. The number of carbonyl (C=O) groups excluding carboxylic acids is 1. The lowest BCUT2D eigenvalue weighted by Gasteiger charge is -2.25. The van der Waals surface area contributed by atoms with E-state index in [4.69, 9.17) is 0 Å². The molecule has 130 valence electrons. The number of nitrogens with one attached hydrogen (secondary N) is 1. The van der Waals surface area contributed by atoms with E-state index in [-0.39, 0.29) is 11.9 Å². The van der Waals surface area contributed by atoms with Crippen molar-refractivity contribution in [1.29, 1.82) is 0 Å². The van der Waals surface area contributed by atoms with Crippen LogP contribution in [0.25, 0.3) is 0 Å². The Morgan fingerprint density at radius 2 is 1.79 bits per heavy atom. The van der Waals surface area contributed by atoms with Crippen LogP contribution < -0.4 is 5.32 Å². The Morgan fingerprint density at radius 3 is 2.33 bits per heavy atom. The summed E-state index contributed by atoms with van der Waals surface area (Å²) >= 11 is 0. The van der Waals surface area contributed by atoms with Gasteiger partial charge in [-0.05, 0) is 39.4 Å². The van der Waals surface area contributed by atoms with Crippen LogP contribution in [-0.4, -0.2) is 34.7 Å². The number of benzene rings is 1. The summed E-state index contributed by atoms with van der Waals surface area (Å²) in [6.45, 7) is 6.31. The maximum Gasteiger partial charge on any atom is 0.247 e. The average molecular weight is 328 g/mol. The van der Waals surface area contributed by atoms with Gasteiger partial charge in [0.2, 0.25) is 5.91 Å².